The first-order valence-electron chi connectivity index (χ1n) is 5.06. The molecule has 0 aromatic rings. The van der Waals surface area contributed by atoms with Crippen LogP contribution >= 0.6 is 0 Å². The Bertz CT molecular complexity index is 101. The van der Waals surface area contributed by atoms with E-state index in [1.165, 1.54) is 38.6 Å². The highest BCUT2D eigenvalue weighted by Crippen LogP contribution is 2.17. The summed E-state index contributed by atoms with van der Waals surface area (Å²) >= 11 is 0. The number of hydrogen-bond acceptors (Lipinski definition) is 1. The molecule has 0 saturated carbocycles. The fraction of sp³-hybridized carbons (Fsp3) is 1.00. The van der Waals surface area contributed by atoms with Crippen LogP contribution < -0.4 is 5.32 Å². The van der Waals surface area contributed by atoms with E-state index in [0.717, 1.165) is 12.0 Å². The molecule has 1 fully saturated rings. The van der Waals surface area contributed by atoms with Gasteiger partial charge in [0.1, 0.15) is 0 Å². The summed E-state index contributed by atoms with van der Waals surface area (Å²) in [6.07, 6.45) is 6.98. The van der Waals surface area contributed by atoms with Crippen molar-refractivity contribution in [2.24, 2.45) is 5.92 Å². The molecule has 0 amide bonds. The predicted molar refractivity (Wildman–Crippen MR) is 49.7 cm³/mol. The summed E-state index contributed by atoms with van der Waals surface area (Å²) in [6.45, 7) is 5.86. The van der Waals surface area contributed by atoms with Crippen LogP contribution in [0.5, 0.6) is 0 Å². The highest BCUT2D eigenvalue weighted by atomic mass is 14.9. The Hall–Kier alpha value is -0.0400. The van der Waals surface area contributed by atoms with E-state index in [1.807, 2.05) is 0 Å². The molecule has 1 aliphatic heterocycles. The van der Waals surface area contributed by atoms with Gasteiger partial charge in [-0.25, -0.2) is 0 Å². The van der Waals surface area contributed by atoms with Crippen molar-refractivity contribution < 1.29 is 0 Å². The number of rotatable bonds is 4. The lowest BCUT2D eigenvalue weighted by Crippen LogP contribution is -2.20. The van der Waals surface area contributed by atoms with Crippen LogP contribution in [0.25, 0.3) is 0 Å². The average molecular weight is 155 g/mol. The van der Waals surface area contributed by atoms with E-state index < -0.39 is 0 Å². The topological polar surface area (TPSA) is 12.0 Å². The molecule has 0 radical (unpaired) electrons. The zero-order chi connectivity index (χ0) is 8.10. The zero-order valence-corrected chi connectivity index (χ0v) is 7.90. The largest absolute Gasteiger partial charge is 0.314 e. The fourth-order valence-corrected chi connectivity index (χ4v) is 1.88. The smallest absolute Gasteiger partial charge is 0.00701 e. The second kappa shape index (κ2) is 4.76. The van der Waals surface area contributed by atoms with Crippen LogP contribution in [0.1, 0.15) is 46.0 Å². The Kier molecular flexibility index (Phi) is 3.92. The lowest BCUT2D eigenvalue weighted by atomic mass is 10.0. The first kappa shape index (κ1) is 9.05. The van der Waals surface area contributed by atoms with Gasteiger partial charge in [-0.3, -0.25) is 0 Å². The molecule has 0 aromatic carbocycles. The summed E-state index contributed by atoms with van der Waals surface area (Å²) < 4.78 is 0. The van der Waals surface area contributed by atoms with Crippen LogP contribution in [0.4, 0.5) is 0 Å². The van der Waals surface area contributed by atoms with Crippen molar-refractivity contribution in [3.8, 4) is 0 Å². The standard InChI is InChI=1S/C10H21N/c1-3-4-5-6-10-7-9(2)8-11-10/h9-11H,3-8H2,1-2H3/t9-,10+/m0/s1. The van der Waals surface area contributed by atoms with E-state index in [-0.39, 0.29) is 0 Å². The molecule has 66 valence electrons. The van der Waals surface area contributed by atoms with Crippen LogP contribution in [-0.2, 0) is 0 Å². The number of nitrogens with one attached hydrogen (secondary N) is 1. The Labute approximate surface area is 70.6 Å². The second-order valence-corrected chi connectivity index (χ2v) is 3.94. The van der Waals surface area contributed by atoms with Crippen molar-refractivity contribution in [3.63, 3.8) is 0 Å². The molecule has 0 unspecified atom stereocenters. The third-order valence-electron chi connectivity index (χ3n) is 2.60. The summed E-state index contributed by atoms with van der Waals surface area (Å²) in [4.78, 5) is 0. The summed E-state index contributed by atoms with van der Waals surface area (Å²) in [6, 6.07) is 0.844. The summed E-state index contributed by atoms with van der Waals surface area (Å²) in [5, 5.41) is 3.57. The fourth-order valence-electron chi connectivity index (χ4n) is 1.88. The van der Waals surface area contributed by atoms with Gasteiger partial charge in [-0.2, -0.15) is 0 Å². The first-order chi connectivity index (χ1) is 5.33. The van der Waals surface area contributed by atoms with E-state index >= 15 is 0 Å². The molecule has 1 nitrogen and oxygen atoms in total. The van der Waals surface area contributed by atoms with E-state index in [0.29, 0.717) is 0 Å². The quantitative estimate of drug-likeness (QED) is 0.615. The third kappa shape index (κ3) is 3.24. The minimum atomic E-state index is 0.844. The zero-order valence-electron chi connectivity index (χ0n) is 7.90. The van der Waals surface area contributed by atoms with Gasteiger partial charge in [-0.05, 0) is 25.3 Å². The van der Waals surface area contributed by atoms with Crippen molar-refractivity contribution >= 4 is 0 Å². The van der Waals surface area contributed by atoms with Gasteiger partial charge in [0.05, 0.1) is 0 Å². The van der Waals surface area contributed by atoms with Crippen LogP contribution in [-0.4, -0.2) is 12.6 Å². The minimum Gasteiger partial charge on any atom is -0.314 e. The van der Waals surface area contributed by atoms with E-state index in [2.05, 4.69) is 19.2 Å². The Morgan fingerprint density at radius 3 is 2.73 bits per heavy atom. The molecule has 1 N–H and O–H groups in total. The Morgan fingerprint density at radius 2 is 2.18 bits per heavy atom. The number of unbranched alkanes of at least 4 members (excludes halogenated alkanes) is 2. The Balaban J connectivity index is 1.99. The van der Waals surface area contributed by atoms with E-state index in [1.54, 1.807) is 0 Å². The van der Waals surface area contributed by atoms with Crippen LogP contribution in [0.2, 0.25) is 0 Å². The molecule has 1 heterocycles. The predicted octanol–water partition coefficient (Wildman–Crippen LogP) is 2.56. The molecular weight excluding hydrogens is 134 g/mol. The maximum atomic E-state index is 3.57. The van der Waals surface area contributed by atoms with Gasteiger partial charge in [0, 0.05) is 6.04 Å². The highest BCUT2D eigenvalue weighted by Gasteiger charge is 2.19. The summed E-state index contributed by atoms with van der Waals surface area (Å²) in [5.74, 6) is 0.918. The molecular formula is C10H21N. The molecule has 1 aliphatic rings. The lowest BCUT2D eigenvalue weighted by Gasteiger charge is -2.08. The van der Waals surface area contributed by atoms with Crippen molar-refractivity contribution in [1.82, 2.24) is 5.32 Å². The Morgan fingerprint density at radius 1 is 1.36 bits per heavy atom. The van der Waals surface area contributed by atoms with Gasteiger partial charge in [0.2, 0.25) is 0 Å². The molecule has 11 heavy (non-hydrogen) atoms. The van der Waals surface area contributed by atoms with Gasteiger partial charge in [-0.15, -0.1) is 0 Å². The molecule has 1 rings (SSSR count). The van der Waals surface area contributed by atoms with Crippen LogP contribution in [0.3, 0.4) is 0 Å². The summed E-state index contributed by atoms with van der Waals surface area (Å²) in [5.41, 5.74) is 0. The highest BCUT2D eigenvalue weighted by molar-refractivity contribution is 4.78. The van der Waals surface area contributed by atoms with Crippen LogP contribution in [0, 0.1) is 5.92 Å². The number of hydrogen-bond donors (Lipinski definition) is 1. The molecule has 0 aliphatic carbocycles. The SMILES string of the molecule is CCCCC[C@@H]1C[C@H](C)CN1. The summed E-state index contributed by atoms with van der Waals surface area (Å²) in [7, 11) is 0. The minimum absolute atomic E-state index is 0.844. The van der Waals surface area contributed by atoms with Crippen molar-refractivity contribution in [3.05, 3.63) is 0 Å². The van der Waals surface area contributed by atoms with Gasteiger partial charge in [-0.1, -0.05) is 33.1 Å². The molecule has 2 atom stereocenters. The average Bonchev–Trinajstić information content (AvgIpc) is 2.37. The molecule has 0 aromatic heterocycles. The van der Waals surface area contributed by atoms with Gasteiger partial charge in [0.25, 0.3) is 0 Å². The van der Waals surface area contributed by atoms with Crippen molar-refractivity contribution in [2.45, 2.75) is 52.0 Å². The third-order valence-corrected chi connectivity index (χ3v) is 2.60. The van der Waals surface area contributed by atoms with Crippen molar-refractivity contribution in [1.29, 1.82) is 0 Å². The molecule has 1 saturated heterocycles. The van der Waals surface area contributed by atoms with Crippen molar-refractivity contribution in [2.75, 3.05) is 6.54 Å². The molecule has 0 bridgehead atoms. The van der Waals surface area contributed by atoms with E-state index in [9.17, 15) is 0 Å². The maximum absolute atomic E-state index is 3.57. The van der Waals surface area contributed by atoms with Gasteiger partial charge in [0.15, 0.2) is 0 Å². The lowest BCUT2D eigenvalue weighted by molar-refractivity contribution is 0.510. The maximum Gasteiger partial charge on any atom is 0.00701 e. The molecule has 1 heteroatoms. The monoisotopic (exact) mass is 155 g/mol. The normalized spacial score (nSPS) is 31.1. The van der Waals surface area contributed by atoms with Gasteiger partial charge < -0.3 is 5.32 Å². The first-order valence-corrected chi connectivity index (χ1v) is 5.06. The van der Waals surface area contributed by atoms with Crippen LogP contribution in [0.15, 0.2) is 0 Å². The molecule has 0 spiro atoms. The van der Waals surface area contributed by atoms with Gasteiger partial charge >= 0.3 is 0 Å². The second-order valence-electron chi connectivity index (χ2n) is 3.94. The van der Waals surface area contributed by atoms with E-state index in [4.69, 9.17) is 0 Å².